The van der Waals surface area contributed by atoms with Crippen LogP contribution in [0.1, 0.15) is 65.1 Å². The standard InChI is InChI=1S/C29H30N6O2/c36-27(13-19-4-1-2-5-19)26-9-7-23(17-31-26)32-29(37)28-24-14-21(6-8-25(24)33-34-28)22-12-20(15-30-16-22)18-35-10-3-11-35/h6-9,12,14-17,19H,1-5,10-11,13,18H2,(H,32,37)(H,33,34). The number of nitrogens with one attached hydrogen (secondary N) is 2. The number of Topliss-reactive ketones (excluding diaryl/α,β-unsaturated/α-hetero) is 1. The Labute approximate surface area is 215 Å². The van der Waals surface area contributed by atoms with Crippen molar-refractivity contribution in [3.63, 3.8) is 0 Å². The van der Waals surface area contributed by atoms with E-state index in [0.717, 1.165) is 54.5 Å². The van der Waals surface area contributed by atoms with Crippen molar-refractivity contribution in [1.82, 2.24) is 25.1 Å². The van der Waals surface area contributed by atoms with Crippen LogP contribution in [0.4, 0.5) is 5.69 Å². The van der Waals surface area contributed by atoms with Crippen LogP contribution in [0.25, 0.3) is 22.0 Å². The number of anilines is 1. The molecule has 1 aromatic carbocycles. The fourth-order valence-electron chi connectivity index (χ4n) is 5.30. The molecule has 1 saturated heterocycles. The molecule has 0 atom stereocenters. The number of hydrogen-bond donors (Lipinski definition) is 2. The molecular weight excluding hydrogens is 464 g/mol. The van der Waals surface area contributed by atoms with Gasteiger partial charge in [0, 0.05) is 36.3 Å². The number of hydrogen-bond acceptors (Lipinski definition) is 6. The van der Waals surface area contributed by atoms with Crippen LogP contribution in [0.2, 0.25) is 0 Å². The zero-order chi connectivity index (χ0) is 25.2. The molecule has 3 aromatic heterocycles. The molecule has 0 spiro atoms. The molecule has 4 aromatic rings. The second-order valence-corrected chi connectivity index (χ2v) is 10.2. The van der Waals surface area contributed by atoms with Crippen LogP contribution in [-0.4, -0.2) is 49.8 Å². The van der Waals surface area contributed by atoms with E-state index in [-0.39, 0.29) is 11.7 Å². The lowest BCUT2D eigenvalue weighted by Gasteiger charge is -2.30. The second-order valence-electron chi connectivity index (χ2n) is 10.2. The summed E-state index contributed by atoms with van der Waals surface area (Å²) in [6.07, 6.45) is 11.8. The SMILES string of the molecule is O=C(CC1CCCC1)c1ccc(NC(=O)c2n[nH]c3ccc(-c4cncc(CN5CCC5)c4)cc23)cn1. The number of likely N-dealkylation sites (tertiary alicyclic amines) is 1. The molecule has 37 heavy (non-hydrogen) atoms. The topological polar surface area (TPSA) is 104 Å². The summed E-state index contributed by atoms with van der Waals surface area (Å²) in [5, 5.41) is 10.8. The molecule has 4 heterocycles. The number of benzene rings is 1. The molecule has 8 nitrogen and oxygen atoms in total. The van der Waals surface area contributed by atoms with Gasteiger partial charge in [-0.1, -0.05) is 31.7 Å². The van der Waals surface area contributed by atoms with Crippen LogP contribution >= 0.6 is 0 Å². The van der Waals surface area contributed by atoms with Gasteiger partial charge in [0.25, 0.3) is 5.91 Å². The van der Waals surface area contributed by atoms with E-state index in [4.69, 9.17) is 0 Å². The summed E-state index contributed by atoms with van der Waals surface area (Å²) in [4.78, 5) is 36.8. The first-order chi connectivity index (χ1) is 18.1. The van der Waals surface area contributed by atoms with E-state index < -0.39 is 0 Å². The number of carbonyl (C=O) groups is 2. The van der Waals surface area contributed by atoms with Crippen LogP contribution in [-0.2, 0) is 6.54 Å². The monoisotopic (exact) mass is 494 g/mol. The third-order valence-corrected chi connectivity index (χ3v) is 7.52. The van der Waals surface area contributed by atoms with Gasteiger partial charge in [0.2, 0.25) is 0 Å². The molecule has 0 radical (unpaired) electrons. The molecule has 1 amide bonds. The first-order valence-electron chi connectivity index (χ1n) is 13.1. The number of fused-ring (bicyclic) bond motifs is 1. The first kappa shape index (κ1) is 23.5. The third kappa shape index (κ3) is 5.15. The molecule has 0 bridgehead atoms. The van der Waals surface area contributed by atoms with E-state index in [2.05, 4.69) is 36.4 Å². The summed E-state index contributed by atoms with van der Waals surface area (Å²) in [6, 6.07) is 11.5. The number of amides is 1. The van der Waals surface area contributed by atoms with Crippen LogP contribution < -0.4 is 5.32 Å². The third-order valence-electron chi connectivity index (χ3n) is 7.52. The summed E-state index contributed by atoms with van der Waals surface area (Å²) in [7, 11) is 0. The lowest BCUT2D eigenvalue weighted by Crippen LogP contribution is -2.36. The highest BCUT2D eigenvalue weighted by Crippen LogP contribution is 2.29. The number of nitrogens with zero attached hydrogens (tertiary/aromatic N) is 4. The zero-order valence-electron chi connectivity index (χ0n) is 20.7. The van der Waals surface area contributed by atoms with Gasteiger partial charge in [0.05, 0.1) is 17.4 Å². The van der Waals surface area contributed by atoms with Crippen molar-refractivity contribution in [2.75, 3.05) is 18.4 Å². The van der Waals surface area contributed by atoms with E-state index in [1.54, 1.807) is 12.1 Å². The summed E-state index contributed by atoms with van der Waals surface area (Å²) in [6.45, 7) is 3.18. The Balaban J connectivity index is 1.17. The number of rotatable bonds is 8. The molecule has 1 aliphatic heterocycles. The van der Waals surface area contributed by atoms with Crippen molar-refractivity contribution in [3.8, 4) is 11.1 Å². The molecule has 188 valence electrons. The number of aromatic nitrogens is 4. The molecule has 0 unspecified atom stereocenters. The quantitative estimate of drug-likeness (QED) is 0.325. The van der Waals surface area contributed by atoms with E-state index >= 15 is 0 Å². The normalized spacial score (nSPS) is 16.1. The second kappa shape index (κ2) is 10.2. The molecule has 2 aliphatic rings. The van der Waals surface area contributed by atoms with Crippen LogP contribution in [0.15, 0.2) is 55.0 Å². The average molecular weight is 495 g/mol. The Morgan fingerprint density at radius 2 is 1.84 bits per heavy atom. The van der Waals surface area contributed by atoms with Crippen molar-refractivity contribution < 1.29 is 9.59 Å². The Morgan fingerprint density at radius 1 is 0.973 bits per heavy atom. The molecule has 8 heteroatoms. The van der Waals surface area contributed by atoms with Gasteiger partial charge in [-0.25, -0.2) is 0 Å². The van der Waals surface area contributed by atoms with E-state index in [9.17, 15) is 9.59 Å². The van der Waals surface area contributed by atoms with Crippen molar-refractivity contribution in [3.05, 3.63) is 71.9 Å². The van der Waals surface area contributed by atoms with E-state index in [0.29, 0.717) is 29.4 Å². The highest BCUT2D eigenvalue weighted by molar-refractivity contribution is 6.11. The van der Waals surface area contributed by atoms with Crippen molar-refractivity contribution in [1.29, 1.82) is 0 Å². The van der Waals surface area contributed by atoms with Gasteiger partial charge in [0.1, 0.15) is 5.69 Å². The Kier molecular flexibility index (Phi) is 6.49. The number of ketones is 1. The van der Waals surface area contributed by atoms with Crippen LogP contribution in [0.5, 0.6) is 0 Å². The maximum absolute atomic E-state index is 13.1. The molecular formula is C29H30N6O2. The predicted molar refractivity (Wildman–Crippen MR) is 142 cm³/mol. The number of pyridine rings is 2. The minimum Gasteiger partial charge on any atom is -0.319 e. The lowest BCUT2D eigenvalue weighted by atomic mass is 9.99. The molecule has 2 N–H and O–H groups in total. The van der Waals surface area contributed by atoms with Crippen LogP contribution in [0.3, 0.4) is 0 Å². The van der Waals surface area contributed by atoms with Crippen molar-refractivity contribution in [2.45, 2.75) is 45.1 Å². The van der Waals surface area contributed by atoms with Gasteiger partial charge in [-0.05, 0) is 66.9 Å². The van der Waals surface area contributed by atoms with E-state index in [1.165, 1.54) is 31.0 Å². The summed E-state index contributed by atoms with van der Waals surface area (Å²) < 4.78 is 0. The highest BCUT2D eigenvalue weighted by atomic mass is 16.2. The van der Waals surface area contributed by atoms with Gasteiger partial charge in [-0.3, -0.25) is 29.6 Å². The molecule has 6 rings (SSSR count). The van der Waals surface area contributed by atoms with Crippen LogP contribution in [0, 0.1) is 5.92 Å². The Bertz CT molecular complexity index is 1430. The fraction of sp³-hybridized carbons (Fsp3) is 0.345. The Hall–Kier alpha value is -3.91. The van der Waals surface area contributed by atoms with Gasteiger partial charge in [0.15, 0.2) is 11.5 Å². The van der Waals surface area contributed by atoms with Gasteiger partial charge in [-0.15, -0.1) is 0 Å². The predicted octanol–water partition coefficient (Wildman–Crippen LogP) is 5.24. The van der Waals surface area contributed by atoms with Gasteiger partial charge < -0.3 is 5.32 Å². The minimum absolute atomic E-state index is 0.0686. The largest absolute Gasteiger partial charge is 0.319 e. The summed E-state index contributed by atoms with van der Waals surface area (Å²) >= 11 is 0. The number of aromatic amines is 1. The lowest BCUT2D eigenvalue weighted by molar-refractivity contribution is 0.0956. The minimum atomic E-state index is -0.333. The average Bonchev–Trinajstić information content (AvgIpc) is 3.56. The maximum atomic E-state index is 13.1. The zero-order valence-corrected chi connectivity index (χ0v) is 20.7. The van der Waals surface area contributed by atoms with Crippen molar-refractivity contribution in [2.24, 2.45) is 5.92 Å². The summed E-state index contributed by atoms with van der Waals surface area (Å²) in [5.74, 6) is 0.212. The Morgan fingerprint density at radius 3 is 2.59 bits per heavy atom. The first-order valence-corrected chi connectivity index (χ1v) is 13.1. The van der Waals surface area contributed by atoms with Gasteiger partial charge >= 0.3 is 0 Å². The molecule has 1 aliphatic carbocycles. The fourth-order valence-corrected chi connectivity index (χ4v) is 5.30. The van der Waals surface area contributed by atoms with Gasteiger partial charge in [-0.2, -0.15) is 5.10 Å². The van der Waals surface area contributed by atoms with E-state index in [1.807, 2.05) is 30.6 Å². The smallest absolute Gasteiger partial charge is 0.276 e. The highest BCUT2D eigenvalue weighted by Gasteiger charge is 2.21. The number of H-pyrrole nitrogens is 1. The maximum Gasteiger partial charge on any atom is 0.276 e. The van der Waals surface area contributed by atoms with Crippen molar-refractivity contribution >= 4 is 28.3 Å². The molecule has 2 fully saturated rings. The number of carbonyl (C=O) groups excluding carboxylic acids is 2. The molecule has 1 saturated carbocycles. The summed E-state index contributed by atoms with van der Waals surface area (Å²) in [5.41, 5.74) is 5.23.